The van der Waals surface area contributed by atoms with Gasteiger partial charge in [0.05, 0.1) is 25.7 Å². The fraction of sp³-hybridized carbons (Fsp3) is 0.462. The molecule has 2 atom stereocenters. The first-order valence-corrected chi connectivity index (χ1v) is 5.81. The van der Waals surface area contributed by atoms with Crippen LogP contribution in [0.25, 0.3) is 0 Å². The maximum atomic E-state index is 11.9. The number of methoxy groups -OCH3 is 1. The van der Waals surface area contributed by atoms with Crippen LogP contribution in [0.15, 0.2) is 24.3 Å². The molecule has 92 valence electrons. The van der Waals surface area contributed by atoms with E-state index in [1.54, 1.807) is 12.0 Å². The molecule has 1 unspecified atom stereocenters. The monoisotopic (exact) mass is 235 g/mol. The summed E-state index contributed by atoms with van der Waals surface area (Å²) in [6.07, 6.45) is 0.775. The first-order valence-electron chi connectivity index (χ1n) is 5.81. The summed E-state index contributed by atoms with van der Waals surface area (Å²) < 4.78 is 5.07. The van der Waals surface area contributed by atoms with Crippen LogP contribution >= 0.6 is 0 Å². The Kier molecular flexibility index (Phi) is 3.33. The van der Waals surface area contributed by atoms with Crippen molar-refractivity contribution in [2.75, 3.05) is 18.6 Å². The van der Waals surface area contributed by atoms with Crippen LogP contribution in [0.2, 0.25) is 0 Å². The van der Waals surface area contributed by atoms with E-state index in [-0.39, 0.29) is 24.5 Å². The Bertz CT molecular complexity index is 402. The third-order valence-corrected chi connectivity index (χ3v) is 3.33. The first kappa shape index (κ1) is 11.9. The van der Waals surface area contributed by atoms with E-state index in [0.717, 1.165) is 17.9 Å². The number of benzene rings is 1. The molecular weight excluding hydrogens is 218 g/mol. The minimum Gasteiger partial charge on any atom is -0.497 e. The first-order chi connectivity index (χ1) is 8.22. The third-order valence-electron chi connectivity index (χ3n) is 3.33. The molecule has 2 rings (SSSR count). The van der Waals surface area contributed by atoms with E-state index >= 15 is 0 Å². The molecule has 4 heteroatoms. The summed E-state index contributed by atoms with van der Waals surface area (Å²) in [5, 5.41) is 9.32. The molecule has 0 aliphatic carbocycles. The van der Waals surface area contributed by atoms with Crippen LogP contribution in [-0.4, -0.2) is 30.8 Å². The van der Waals surface area contributed by atoms with Crippen LogP contribution in [0.1, 0.15) is 13.3 Å². The van der Waals surface area contributed by atoms with Gasteiger partial charge in [-0.15, -0.1) is 0 Å². The zero-order valence-electron chi connectivity index (χ0n) is 10.1. The smallest absolute Gasteiger partial charge is 0.232 e. The molecule has 1 N–H and O–H groups in total. The number of rotatable bonds is 4. The molecule has 4 nitrogen and oxygen atoms in total. The zero-order chi connectivity index (χ0) is 12.4. The van der Waals surface area contributed by atoms with Gasteiger partial charge >= 0.3 is 0 Å². The van der Waals surface area contributed by atoms with Crippen LogP contribution in [0, 0.1) is 5.92 Å². The van der Waals surface area contributed by atoms with E-state index in [2.05, 4.69) is 0 Å². The van der Waals surface area contributed by atoms with Crippen molar-refractivity contribution in [3.8, 4) is 5.75 Å². The van der Waals surface area contributed by atoms with E-state index in [4.69, 9.17) is 4.74 Å². The molecule has 1 aromatic rings. The molecule has 0 radical (unpaired) electrons. The number of carbonyl (C=O) groups excluding carboxylic acids is 1. The Labute approximate surface area is 101 Å². The fourth-order valence-corrected chi connectivity index (χ4v) is 2.32. The average Bonchev–Trinajstić information content (AvgIpc) is 2.37. The van der Waals surface area contributed by atoms with Crippen molar-refractivity contribution in [1.82, 2.24) is 0 Å². The number of hydrogen-bond acceptors (Lipinski definition) is 3. The molecule has 1 saturated heterocycles. The summed E-state index contributed by atoms with van der Waals surface area (Å²) in [4.78, 5) is 13.6. The van der Waals surface area contributed by atoms with Gasteiger partial charge in [0.1, 0.15) is 5.75 Å². The molecule has 17 heavy (non-hydrogen) atoms. The van der Waals surface area contributed by atoms with E-state index in [1.807, 2.05) is 31.2 Å². The molecule has 0 saturated carbocycles. The lowest BCUT2D eigenvalue weighted by atomic mass is 9.85. The molecule has 1 aliphatic heterocycles. The predicted octanol–water partition coefficient (Wildman–Crippen LogP) is 1.43. The third kappa shape index (κ3) is 1.89. The van der Waals surface area contributed by atoms with Gasteiger partial charge in [-0.2, -0.15) is 0 Å². The summed E-state index contributed by atoms with van der Waals surface area (Å²) in [7, 11) is 1.60. The van der Waals surface area contributed by atoms with E-state index in [0.29, 0.717) is 0 Å². The van der Waals surface area contributed by atoms with Crippen molar-refractivity contribution in [3.63, 3.8) is 0 Å². The average molecular weight is 235 g/mol. The number of aliphatic hydroxyl groups excluding tert-OH is 1. The van der Waals surface area contributed by atoms with Crippen molar-refractivity contribution in [2.45, 2.75) is 19.4 Å². The number of hydrogen-bond donors (Lipinski definition) is 1. The number of carbonyl (C=O) groups is 1. The molecule has 0 bridgehead atoms. The molecule has 1 aliphatic rings. The Morgan fingerprint density at radius 2 is 2.00 bits per heavy atom. The molecule has 1 aromatic carbocycles. The zero-order valence-corrected chi connectivity index (χ0v) is 10.1. The van der Waals surface area contributed by atoms with Gasteiger partial charge in [-0.3, -0.25) is 4.79 Å². The minimum absolute atomic E-state index is 0.0102. The van der Waals surface area contributed by atoms with Crippen LogP contribution in [0.4, 0.5) is 5.69 Å². The lowest BCUT2D eigenvalue weighted by molar-refractivity contribution is -0.131. The van der Waals surface area contributed by atoms with E-state index < -0.39 is 0 Å². The Hall–Kier alpha value is -1.55. The highest BCUT2D eigenvalue weighted by atomic mass is 16.5. The van der Waals surface area contributed by atoms with Gasteiger partial charge < -0.3 is 14.7 Å². The van der Waals surface area contributed by atoms with Gasteiger partial charge in [0.2, 0.25) is 5.91 Å². The number of ether oxygens (including phenoxy) is 1. The van der Waals surface area contributed by atoms with Crippen molar-refractivity contribution in [2.24, 2.45) is 5.92 Å². The number of amides is 1. The topological polar surface area (TPSA) is 49.8 Å². The number of aliphatic hydroxyl groups is 1. The second-order valence-electron chi connectivity index (χ2n) is 4.17. The van der Waals surface area contributed by atoms with Crippen molar-refractivity contribution >= 4 is 11.6 Å². The molecule has 1 amide bonds. The standard InChI is InChI=1S/C13H17NO3/c1-3-11-12(8-15)14(13(11)16)9-4-6-10(17-2)7-5-9/h4-7,11-12,15H,3,8H2,1-2H3/t11?,12-/m1/s1. The van der Waals surface area contributed by atoms with Crippen LogP contribution in [0.3, 0.4) is 0 Å². The molecular formula is C13H17NO3. The van der Waals surface area contributed by atoms with Crippen LogP contribution in [-0.2, 0) is 4.79 Å². The van der Waals surface area contributed by atoms with Gasteiger partial charge in [-0.1, -0.05) is 6.92 Å². The Morgan fingerprint density at radius 1 is 1.35 bits per heavy atom. The van der Waals surface area contributed by atoms with Crippen molar-refractivity contribution in [3.05, 3.63) is 24.3 Å². The summed E-state index contributed by atoms with van der Waals surface area (Å²) in [5.74, 6) is 0.813. The molecule has 0 aromatic heterocycles. The van der Waals surface area contributed by atoms with Gasteiger partial charge in [0.15, 0.2) is 0 Å². The Morgan fingerprint density at radius 3 is 2.47 bits per heavy atom. The minimum atomic E-state index is -0.0825. The van der Waals surface area contributed by atoms with Gasteiger partial charge in [-0.05, 0) is 30.7 Å². The predicted molar refractivity (Wildman–Crippen MR) is 65.1 cm³/mol. The second-order valence-corrected chi connectivity index (χ2v) is 4.17. The Balaban J connectivity index is 2.19. The lowest BCUT2D eigenvalue weighted by Gasteiger charge is -2.46. The summed E-state index contributed by atoms with van der Waals surface area (Å²) >= 11 is 0. The summed E-state index contributed by atoms with van der Waals surface area (Å²) in [6.45, 7) is 1.98. The number of β-lactam (4-membered cyclic amide) rings is 1. The molecule has 1 fully saturated rings. The lowest BCUT2D eigenvalue weighted by Crippen LogP contribution is -2.62. The fourth-order valence-electron chi connectivity index (χ4n) is 2.32. The largest absolute Gasteiger partial charge is 0.497 e. The highest BCUT2D eigenvalue weighted by Crippen LogP contribution is 2.34. The summed E-state index contributed by atoms with van der Waals surface area (Å²) in [6, 6.07) is 7.23. The van der Waals surface area contributed by atoms with Crippen LogP contribution < -0.4 is 9.64 Å². The van der Waals surface area contributed by atoms with E-state index in [1.165, 1.54) is 0 Å². The van der Waals surface area contributed by atoms with Gasteiger partial charge in [0.25, 0.3) is 0 Å². The van der Waals surface area contributed by atoms with Gasteiger partial charge in [0, 0.05) is 5.69 Å². The number of anilines is 1. The van der Waals surface area contributed by atoms with Crippen molar-refractivity contribution in [1.29, 1.82) is 0 Å². The normalized spacial score (nSPS) is 23.5. The second kappa shape index (κ2) is 4.75. The highest BCUT2D eigenvalue weighted by molar-refractivity contribution is 6.02. The summed E-state index contributed by atoms with van der Waals surface area (Å²) in [5.41, 5.74) is 0.819. The molecule has 0 spiro atoms. The quantitative estimate of drug-likeness (QED) is 0.803. The van der Waals surface area contributed by atoms with Gasteiger partial charge in [-0.25, -0.2) is 0 Å². The van der Waals surface area contributed by atoms with Crippen molar-refractivity contribution < 1.29 is 14.6 Å². The molecule has 1 heterocycles. The highest BCUT2D eigenvalue weighted by Gasteiger charge is 2.46. The maximum Gasteiger partial charge on any atom is 0.232 e. The SMILES string of the molecule is CCC1C(=O)N(c2ccc(OC)cc2)[C@@H]1CO. The van der Waals surface area contributed by atoms with E-state index in [9.17, 15) is 9.90 Å². The number of nitrogens with zero attached hydrogens (tertiary/aromatic N) is 1. The van der Waals surface area contributed by atoms with Crippen LogP contribution in [0.5, 0.6) is 5.75 Å². The maximum absolute atomic E-state index is 11.9.